The number of benzene rings is 2. The fourth-order valence-electron chi connectivity index (χ4n) is 1.78. The number of rotatable bonds is 3. The second-order valence-corrected chi connectivity index (χ2v) is 6.60. The first-order valence-corrected chi connectivity index (χ1v) is 7.99. The van der Waals surface area contributed by atoms with Crippen molar-refractivity contribution in [3.63, 3.8) is 0 Å². The van der Waals surface area contributed by atoms with Crippen LogP contribution in [0.2, 0.25) is 10.0 Å². The molecular weight excluding hydrogens is 413 g/mol. The van der Waals surface area contributed by atoms with Gasteiger partial charge in [-0.25, -0.2) is 0 Å². The van der Waals surface area contributed by atoms with Gasteiger partial charge in [-0.1, -0.05) is 41.4 Å². The van der Waals surface area contributed by atoms with Crippen molar-refractivity contribution in [3.8, 4) is 0 Å². The Morgan fingerprint density at radius 2 is 1.58 bits per heavy atom. The number of hydrogen-bond acceptors (Lipinski definition) is 1. The molecule has 0 spiro atoms. The predicted molar refractivity (Wildman–Crippen MR) is 90.3 cm³/mol. The number of hydrogen-bond donors (Lipinski definition) is 1. The Balaban J connectivity index is 2.31. The standard InChI is InChI=1S/C14H11Br2Cl2N/c1-8(9-4-2-7-12(17)13(9)18)19-14-10(15)5-3-6-11(14)16/h2-8,19H,1H3. The van der Waals surface area contributed by atoms with Crippen LogP contribution in [-0.4, -0.2) is 0 Å². The molecule has 5 heteroatoms. The van der Waals surface area contributed by atoms with Crippen molar-refractivity contribution in [2.75, 3.05) is 5.32 Å². The molecule has 0 fully saturated rings. The fourth-order valence-corrected chi connectivity index (χ4v) is 3.48. The van der Waals surface area contributed by atoms with Gasteiger partial charge in [0.05, 0.1) is 21.8 Å². The van der Waals surface area contributed by atoms with E-state index in [0.29, 0.717) is 10.0 Å². The van der Waals surface area contributed by atoms with Crippen LogP contribution >= 0.6 is 55.1 Å². The molecule has 1 nitrogen and oxygen atoms in total. The van der Waals surface area contributed by atoms with Crippen LogP contribution in [0.4, 0.5) is 5.69 Å². The molecule has 0 amide bonds. The third-order valence-corrected chi connectivity index (χ3v) is 4.93. The third-order valence-electron chi connectivity index (χ3n) is 2.77. The molecule has 0 heterocycles. The van der Waals surface area contributed by atoms with E-state index in [2.05, 4.69) is 37.2 Å². The van der Waals surface area contributed by atoms with Crippen molar-refractivity contribution in [2.24, 2.45) is 0 Å². The van der Waals surface area contributed by atoms with Crippen LogP contribution in [0.5, 0.6) is 0 Å². The zero-order valence-electron chi connectivity index (χ0n) is 10.1. The van der Waals surface area contributed by atoms with E-state index in [9.17, 15) is 0 Å². The Morgan fingerprint density at radius 1 is 1.00 bits per heavy atom. The summed E-state index contributed by atoms with van der Waals surface area (Å²) in [5, 5.41) is 4.58. The van der Waals surface area contributed by atoms with Gasteiger partial charge in [-0.15, -0.1) is 0 Å². The lowest BCUT2D eigenvalue weighted by Gasteiger charge is -2.19. The van der Waals surface area contributed by atoms with E-state index in [4.69, 9.17) is 23.2 Å². The van der Waals surface area contributed by atoms with Gasteiger partial charge in [0.25, 0.3) is 0 Å². The first-order chi connectivity index (χ1) is 9.00. The number of para-hydroxylation sites is 1. The molecule has 2 aromatic carbocycles. The van der Waals surface area contributed by atoms with Crippen LogP contribution in [0.1, 0.15) is 18.5 Å². The van der Waals surface area contributed by atoms with E-state index in [0.717, 1.165) is 20.2 Å². The quantitative estimate of drug-likeness (QED) is 0.579. The van der Waals surface area contributed by atoms with Gasteiger partial charge in [0.2, 0.25) is 0 Å². The minimum atomic E-state index is 0.0428. The highest BCUT2D eigenvalue weighted by Crippen LogP contribution is 2.36. The predicted octanol–water partition coefficient (Wildman–Crippen LogP) is 6.69. The summed E-state index contributed by atoms with van der Waals surface area (Å²) in [5.74, 6) is 0. The molecule has 0 aliphatic carbocycles. The minimum Gasteiger partial charge on any atom is -0.377 e. The second kappa shape index (κ2) is 6.49. The summed E-state index contributed by atoms with van der Waals surface area (Å²) in [7, 11) is 0. The Morgan fingerprint density at radius 3 is 2.21 bits per heavy atom. The molecule has 1 unspecified atom stereocenters. The Hall–Kier alpha value is -0.220. The molecule has 0 saturated carbocycles. The molecule has 0 aliphatic rings. The monoisotopic (exact) mass is 421 g/mol. The number of anilines is 1. The van der Waals surface area contributed by atoms with Crippen LogP contribution in [0.15, 0.2) is 45.3 Å². The highest BCUT2D eigenvalue weighted by atomic mass is 79.9. The SMILES string of the molecule is CC(Nc1c(Br)cccc1Br)c1cccc(Cl)c1Cl. The summed E-state index contributed by atoms with van der Waals surface area (Å²) in [4.78, 5) is 0. The van der Waals surface area contributed by atoms with Gasteiger partial charge in [-0.05, 0) is 62.5 Å². The number of nitrogens with one attached hydrogen (secondary N) is 1. The fraction of sp³-hybridized carbons (Fsp3) is 0.143. The second-order valence-electron chi connectivity index (χ2n) is 4.11. The van der Waals surface area contributed by atoms with Crippen molar-refractivity contribution in [2.45, 2.75) is 13.0 Å². The summed E-state index contributed by atoms with van der Waals surface area (Å²) in [6, 6.07) is 11.6. The van der Waals surface area contributed by atoms with Crippen LogP contribution in [-0.2, 0) is 0 Å². The molecule has 100 valence electrons. The zero-order chi connectivity index (χ0) is 14.0. The lowest BCUT2D eigenvalue weighted by Crippen LogP contribution is -2.08. The largest absolute Gasteiger partial charge is 0.377 e. The van der Waals surface area contributed by atoms with Gasteiger partial charge in [-0.2, -0.15) is 0 Å². The van der Waals surface area contributed by atoms with Crippen molar-refractivity contribution in [1.82, 2.24) is 0 Å². The molecule has 2 rings (SSSR count). The Labute approximate surface area is 139 Å². The summed E-state index contributed by atoms with van der Waals surface area (Å²) in [6.07, 6.45) is 0. The summed E-state index contributed by atoms with van der Waals surface area (Å²) in [5.41, 5.74) is 1.96. The van der Waals surface area contributed by atoms with Crippen molar-refractivity contribution in [1.29, 1.82) is 0 Å². The first kappa shape index (κ1) is 15.2. The maximum Gasteiger partial charge on any atom is 0.0644 e. The van der Waals surface area contributed by atoms with E-state index >= 15 is 0 Å². The summed E-state index contributed by atoms with van der Waals surface area (Å²) >= 11 is 19.3. The van der Waals surface area contributed by atoms with Gasteiger partial charge < -0.3 is 5.32 Å². The zero-order valence-corrected chi connectivity index (χ0v) is 14.7. The van der Waals surface area contributed by atoms with Crippen LogP contribution in [0, 0.1) is 0 Å². The maximum atomic E-state index is 6.24. The molecule has 2 aromatic rings. The topological polar surface area (TPSA) is 12.0 Å². The normalized spacial score (nSPS) is 12.3. The van der Waals surface area contributed by atoms with E-state index in [1.807, 2.05) is 37.3 Å². The summed E-state index contributed by atoms with van der Waals surface area (Å²) in [6.45, 7) is 2.05. The highest BCUT2D eigenvalue weighted by Gasteiger charge is 2.14. The molecule has 1 atom stereocenters. The van der Waals surface area contributed by atoms with E-state index < -0.39 is 0 Å². The summed E-state index contributed by atoms with van der Waals surface area (Å²) < 4.78 is 1.98. The molecule has 0 aliphatic heterocycles. The Kier molecular flexibility index (Phi) is 5.18. The van der Waals surface area contributed by atoms with Gasteiger partial charge in [0.1, 0.15) is 0 Å². The third kappa shape index (κ3) is 3.46. The molecule has 0 bridgehead atoms. The van der Waals surface area contributed by atoms with Crippen molar-refractivity contribution in [3.05, 3.63) is 61.0 Å². The first-order valence-electron chi connectivity index (χ1n) is 5.65. The van der Waals surface area contributed by atoms with Crippen LogP contribution in [0.25, 0.3) is 0 Å². The molecular formula is C14H11Br2Cl2N. The number of halogens is 4. The minimum absolute atomic E-state index is 0.0428. The molecule has 1 N–H and O–H groups in total. The maximum absolute atomic E-state index is 6.24. The van der Waals surface area contributed by atoms with Crippen molar-refractivity contribution < 1.29 is 0 Å². The smallest absolute Gasteiger partial charge is 0.0644 e. The molecule has 0 aromatic heterocycles. The molecule has 19 heavy (non-hydrogen) atoms. The van der Waals surface area contributed by atoms with Gasteiger partial charge >= 0.3 is 0 Å². The highest BCUT2D eigenvalue weighted by molar-refractivity contribution is 9.11. The van der Waals surface area contributed by atoms with Crippen molar-refractivity contribution >= 4 is 60.7 Å². The van der Waals surface area contributed by atoms with E-state index in [1.54, 1.807) is 6.07 Å². The van der Waals surface area contributed by atoms with E-state index in [-0.39, 0.29) is 6.04 Å². The van der Waals surface area contributed by atoms with Crippen LogP contribution in [0.3, 0.4) is 0 Å². The average Bonchev–Trinajstić information content (AvgIpc) is 2.37. The van der Waals surface area contributed by atoms with Gasteiger partial charge in [-0.3, -0.25) is 0 Å². The van der Waals surface area contributed by atoms with Crippen LogP contribution < -0.4 is 5.32 Å². The average molecular weight is 424 g/mol. The van der Waals surface area contributed by atoms with Gasteiger partial charge in [0, 0.05) is 8.95 Å². The lowest BCUT2D eigenvalue weighted by atomic mass is 10.1. The Bertz CT molecular complexity index is 582. The van der Waals surface area contributed by atoms with E-state index in [1.165, 1.54) is 0 Å². The lowest BCUT2D eigenvalue weighted by molar-refractivity contribution is 0.882. The molecule has 0 radical (unpaired) electrons. The van der Waals surface area contributed by atoms with Gasteiger partial charge in [0.15, 0.2) is 0 Å². The molecule has 0 saturated heterocycles.